The van der Waals surface area contributed by atoms with Crippen molar-refractivity contribution in [1.29, 1.82) is 0 Å². The Bertz CT molecular complexity index is 615. The summed E-state index contributed by atoms with van der Waals surface area (Å²) in [6.45, 7) is 3.31. The number of hydrogen-bond acceptors (Lipinski definition) is 4. The summed E-state index contributed by atoms with van der Waals surface area (Å²) in [7, 11) is 0. The zero-order valence-corrected chi connectivity index (χ0v) is 10.0. The first-order valence-corrected chi connectivity index (χ1v) is 5.57. The quantitative estimate of drug-likeness (QED) is 0.383. The molecule has 2 rings (SSSR count). The largest absolute Gasteiger partial charge is 0.508 e. The molecule has 96 valence electrons. The molecule has 2 aromatic carbocycles. The van der Waals surface area contributed by atoms with Crippen molar-refractivity contribution in [2.45, 2.75) is 0 Å². The second kappa shape index (κ2) is 5.27. The highest BCUT2D eigenvalue weighted by Crippen LogP contribution is 2.32. The lowest BCUT2D eigenvalue weighted by molar-refractivity contribution is -0.128. The maximum atomic E-state index is 11.0. The fourth-order valence-electron chi connectivity index (χ4n) is 1.62. The Morgan fingerprint density at radius 3 is 2.42 bits per heavy atom. The van der Waals surface area contributed by atoms with Crippen molar-refractivity contribution in [2.24, 2.45) is 0 Å². The third kappa shape index (κ3) is 2.93. The zero-order chi connectivity index (χ0) is 13.8. The van der Waals surface area contributed by atoms with Crippen LogP contribution in [-0.2, 0) is 4.79 Å². The predicted octanol–water partition coefficient (Wildman–Crippen LogP) is 2.86. The molecule has 0 aliphatic heterocycles. The second-order valence-corrected chi connectivity index (χ2v) is 3.85. The smallest absolute Gasteiger partial charge is 0.335 e. The SMILES string of the molecule is C=CC(=O)Oc1ccc(-c2cc(O)ccc2O)cc1. The molecule has 0 spiro atoms. The summed E-state index contributed by atoms with van der Waals surface area (Å²) in [5.41, 5.74) is 1.20. The van der Waals surface area contributed by atoms with Crippen molar-refractivity contribution < 1.29 is 19.7 Å². The molecule has 0 amide bonds. The highest BCUT2D eigenvalue weighted by Gasteiger charge is 2.06. The van der Waals surface area contributed by atoms with E-state index in [2.05, 4.69) is 6.58 Å². The van der Waals surface area contributed by atoms with Gasteiger partial charge in [-0.15, -0.1) is 0 Å². The molecule has 0 heterocycles. The van der Waals surface area contributed by atoms with Gasteiger partial charge in [0.2, 0.25) is 0 Å². The summed E-state index contributed by atoms with van der Waals surface area (Å²) in [5.74, 6) is -0.0233. The van der Waals surface area contributed by atoms with Gasteiger partial charge < -0.3 is 14.9 Å². The van der Waals surface area contributed by atoms with Crippen LogP contribution in [0.5, 0.6) is 17.2 Å². The average Bonchev–Trinajstić information content (AvgIpc) is 2.42. The van der Waals surface area contributed by atoms with Gasteiger partial charge >= 0.3 is 5.97 Å². The van der Waals surface area contributed by atoms with Gasteiger partial charge in [0.1, 0.15) is 17.2 Å². The van der Waals surface area contributed by atoms with E-state index in [4.69, 9.17) is 4.74 Å². The number of phenolic OH excluding ortho intramolecular Hbond substituents is 2. The standard InChI is InChI=1S/C15H12O4/c1-2-15(18)19-12-6-3-10(4-7-12)13-9-11(16)5-8-14(13)17/h2-9,16-17H,1H2. The first-order valence-electron chi connectivity index (χ1n) is 5.57. The van der Waals surface area contributed by atoms with Crippen LogP contribution in [0.25, 0.3) is 11.1 Å². The zero-order valence-electron chi connectivity index (χ0n) is 10.0. The minimum atomic E-state index is -0.534. The number of rotatable bonds is 3. The normalized spacial score (nSPS) is 9.89. The molecule has 0 saturated heterocycles. The van der Waals surface area contributed by atoms with Crippen LogP contribution in [0, 0.1) is 0 Å². The predicted molar refractivity (Wildman–Crippen MR) is 71.0 cm³/mol. The van der Waals surface area contributed by atoms with Gasteiger partial charge in [0.15, 0.2) is 0 Å². The topological polar surface area (TPSA) is 66.8 Å². The van der Waals surface area contributed by atoms with Crippen molar-refractivity contribution in [1.82, 2.24) is 0 Å². The molecule has 2 aromatic rings. The second-order valence-electron chi connectivity index (χ2n) is 3.85. The van der Waals surface area contributed by atoms with Crippen molar-refractivity contribution in [3.8, 4) is 28.4 Å². The van der Waals surface area contributed by atoms with Gasteiger partial charge in [-0.3, -0.25) is 0 Å². The number of carbonyl (C=O) groups excluding carboxylic acids is 1. The highest BCUT2D eigenvalue weighted by atomic mass is 16.5. The number of phenols is 2. The van der Waals surface area contributed by atoms with E-state index in [0.29, 0.717) is 16.9 Å². The third-order valence-electron chi connectivity index (χ3n) is 2.53. The van der Waals surface area contributed by atoms with E-state index >= 15 is 0 Å². The monoisotopic (exact) mass is 256 g/mol. The van der Waals surface area contributed by atoms with Crippen molar-refractivity contribution in [3.63, 3.8) is 0 Å². The molecule has 0 fully saturated rings. The number of benzene rings is 2. The molecular weight excluding hydrogens is 244 g/mol. The lowest BCUT2D eigenvalue weighted by atomic mass is 10.0. The molecule has 19 heavy (non-hydrogen) atoms. The summed E-state index contributed by atoms with van der Waals surface area (Å²) >= 11 is 0. The molecule has 0 radical (unpaired) electrons. The first-order chi connectivity index (χ1) is 9.10. The molecule has 4 heteroatoms. The third-order valence-corrected chi connectivity index (χ3v) is 2.53. The highest BCUT2D eigenvalue weighted by molar-refractivity contribution is 5.83. The molecule has 4 nitrogen and oxygen atoms in total. The number of esters is 1. The van der Waals surface area contributed by atoms with Gasteiger partial charge in [-0.2, -0.15) is 0 Å². The Kier molecular flexibility index (Phi) is 3.52. The molecule has 0 atom stereocenters. The van der Waals surface area contributed by atoms with Crippen LogP contribution in [0.3, 0.4) is 0 Å². The fourth-order valence-corrected chi connectivity index (χ4v) is 1.62. The van der Waals surface area contributed by atoms with Crippen LogP contribution in [0.15, 0.2) is 55.1 Å². The van der Waals surface area contributed by atoms with Crippen LogP contribution in [0.1, 0.15) is 0 Å². The minimum Gasteiger partial charge on any atom is -0.508 e. The van der Waals surface area contributed by atoms with Crippen LogP contribution >= 0.6 is 0 Å². The van der Waals surface area contributed by atoms with Gasteiger partial charge in [0.25, 0.3) is 0 Å². The fraction of sp³-hybridized carbons (Fsp3) is 0. The van der Waals surface area contributed by atoms with Crippen LogP contribution < -0.4 is 4.74 Å². The Morgan fingerprint density at radius 2 is 1.79 bits per heavy atom. The first kappa shape index (κ1) is 12.7. The van der Waals surface area contributed by atoms with Gasteiger partial charge in [-0.05, 0) is 35.9 Å². The van der Waals surface area contributed by atoms with E-state index in [1.165, 1.54) is 18.2 Å². The molecule has 0 aliphatic rings. The number of aromatic hydroxyl groups is 2. The van der Waals surface area contributed by atoms with Crippen LogP contribution in [-0.4, -0.2) is 16.2 Å². The van der Waals surface area contributed by atoms with Crippen molar-refractivity contribution in [2.75, 3.05) is 0 Å². The molecule has 0 bridgehead atoms. The Labute approximate surface area is 110 Å². The van der Waals surface area contributed by atoms with Crippen LogP contribution in [0.4, 0.5) is 0 Å². The minimum absolute atomic E-state index is 0.0636. The van der Waals surface area contributed by atoms with E-state index < -0.39 is 5.97 Å². The van der Waals surface area contributed by atoms with E-state index in [1.807, 2.05) is 0 Å². The van der Waals surface area contributed by atoms with Crippen molar-refractivity contribution in [3.05, 3.63) is 55.1 Å². The number of carbonyl (C=O) groups is 1. The molecule has 0 saturated carbocycles. The van der Waals surface area contributed by atoms with Gasteiger partial charge in [-0.1, -0.05) is 18.7 Å². The Hall–Kier alpha value is -2.75. The maximum absolute atomic E-state index is 11.0. The van der Waals surface area contributed by atoms with E-state index in [1.54, 1.807) is 24.3 Å². The molecule has 0 aromatic heterocycles. The lowest BCUT2D eigenvalue weighted by Gasteiger charge is -2.07. The lowest BCUT2D eigenvalue weighted by Crippen LogP contribution is -2.02. The molecule has 0 unspecified atom stereocenters. The molecule has 0 aliphatic carbocycles. The number of hydrogen-bond donors (Lipinski definition) is 2. The van der Waals surface area contributed by atoms with Gasteiger partial charge in [0.05, 0.1) is 0 Å². The van der Waals surface area contributed by atoms with E-state index in [-0.39, 0.29) is 11.5 Å². The summed E-state index contributed by atoms with van der Waals surface area (Å²) < 4.78 is 4.94. The van der Waals surface area contributed by atoms with E-state index in [0.717, 1.165) is 6.08 Å². The van der Waals surface area contributed by atoms with E-state index in [9.17, 15) is 15.0 Å². The summed E-state index contributed by atoms with van der Waals surface area (Å²) in [6.07, 6.45) is 1.08. The molecular formula is C15H12O4. The van der Waals surface area contributed by atoms with Crippen molar-refractivity contribution >= 4 is 5.97 Å². The summed E-state index contributed by atoms with van der Waals surface area (Å²) in [4.78, 5) is 11.0. The average molecular weight is 256 g/mol. The van der Waals surface area contributed by atoms with Gasteiger partial charge in [-0.25, -0.2) is 4.79 Å². The number of ether oxygens (including phenoxy) is 1. The van der Waals surface area contributed by atoms with Crippen LogP contribution in [0.2, 0.25) is 0 Å². The Balaban J connectivity index is 2.29. The maximum Gasteiger partial charge on any atom is 0.335 e. The Morgan fingerprint density at radius 1 is 1.11 bits per heavy atom. The molecule has 2 N–H and O–H groups in total. The summed E-state index contributed by atoms with van der Waals surface area (Å²) in [5, 5.41) is 19.1. The summed E-state index contributed by atoms with van der Waals surface area (Å²) in [6, 6.07) is 10.8. The van der Waals surface area contributed by atoms with Gasteiger partial charge in [0, 0.05) is 11.6 Å².